The number of amides is 2. The molecule has 1 N–H and O–H groups in total. The van der Waals surface area contributed by atoms with Crippen LogP contribution in [-0.4, -0.2) is 44.7 Å². The van der Waals surface area contributed by atoms with E-state index in [1.54, 1.807) is 0 Å². The maximum Gasteiger partial charge on any atom is 0.317 e. The van der Waals surface area contributed by atoms with Gasteiger partial charge in [0.15, 0.2) is 9.84 Å². The van der Waals surface area contributed by atoms with Gasteiger partial charge < -0.3 is 10.2 Å². The molecule has 2 amide bonds. The minimum Gasteiger partial charge on any atom is -0.341 e. The molecule has 0 bridgehead atoms. The minimum atomic E-state index is -3.52. The zero-order valence-electron chi connectivity index (χ0n) is 10.5. The third-order valence-corrected chi connectivity index (χ3v) is 5.42. The topological polar surface area (TPSA) is 66.5 Å². The van der Waals surface area contributed by atoms with Gasteiger partial charge in [0.25, 0.3) is 0 Å². The van der Waals surface area contributed by atoms with Gasteiger partial charge in [0, 0.05) is 20.1 Å². The Bertz CT molecular complexity index is 571. The van der Waals surface area contributed by atoms with Crippen molar-refractivity contribution in [2.24, 2.45) is 0 Å². The second-order valence-electron chi connectivity index (χ2n) is 4.41. The molecule has 7 heteroatoms. The van der Waals surface area contributed by atoms with Gasteiger partial charge in [-0.1, -0.05) is 0 Å². The molecule has 104 valence electrons. The molecule has 0 spiro atoms. The van der Waals surface area contributed by atoms with Crippen LogP contribution in [-0.2, 0) is 9.84 Å². The second-order valence-corrected chi connectivity index (χ2v) is 6.64. The van der Waals surface area contributed by atoms with Gasteiger partial charge >= 0.3 is 6.03 Å². The Morgan fingerprint density at radius 2 is 2.00 bits per heavy atom. The van der Waals surface area contributed by atoms with Crippen molar-refractivity contribution in [2.75, 3.05) is 20.1 Å². The normalized spacial score (nSPS) is 19.5. The summed E-state index contributed by atoms with van der Waals surface area (Å²) in [6.07, 6.45) is 0.396. The van der Waals surface area contributed by atoms with E-state index in [1.807, 2.05) is 0 Å². The Balaban J connectivity index is 2.18. The molecule has 1 aromatic carbocycles. The summed E-state index contributed by atoms with van der Waals surface area (Å²) in [5, 5.41) is 1.84. The Morgan fingerprint density at radius 3 is 2.58 bits per heavy atom. The highest BCUT2D eigenvalue weighted by molar-refractivity contribution is 7.92. The van der Waals surface area contributed by atoms with E-state index in [0.29, 0.717) is 13.0 Å². The molecule has 2 rings (SSSR count). The number of carbonyl (C=O) groups excluding carboxylic acids is 1. The van der Waals surface area contributed by atoms with Gasteiger partial charge in [-0.3, -0.25) is 0 Å². The molecule has 1 heterocycles. The molecule has 1 unspecified atom stereocenters. The predicted octanol–water partition coefficient (Wildman–Crippen LogP) is 1.01. The van der Waals surface area contributed by atoms with Crippen molar-refractivity contribution in [3.8, 4) is 0 Å². The maximum absolute atomic E-state index is 12.8. The van der Waals surface area contributed by atoms with Crippen LogP contribution in [0.3, 0.4) is 0 Å². The molecular formula is C12H15FN2O3S. The van der Waals surface area contributed by atoms with Crippen molar-refractivity contribution in [3.05, 3.63) is 30.1 Å². The number of halogens is 1. The number of nitrogens with one attached hydrogen (secondary N) is 1. The number of nitrogens with zero attached hydrogens (tertiary/aromatic N) is 1. The zero-order chi connectivity index (χ0) is 14.0. The standard InChI is InChI=1S/C12H15FN2O3S/c1-14-12(16)15-7-6-11(8-15)19(17,18)10-4-2-9(13)3-5-10/h2-5,11H,6-8H2,1H3,(H,14,16). The largest absolute Gasteiger partial charge is 0.341 e. The van der Waals surface area contributed by atoms with E-state index in [4.69, 9.17) is 0 Å². The summed E-state index contributed by atoms with van der Waals surface area (Å²) in [6.45, 7) is 0.574. The molecule has 1 fully saturated rings. The van der Waals surface area contributed by atoms with Gasteiger partial charge in [-0.05, 0) is 30.7 Å². The highest BCUT2D eigenvalue weighted by Crippen LogP contribution is 2.24. The van der Waals surface area contributed by atoms with Crippen molar-refractivity contribution in [1.82, 2.24) is 10.2 Å². The fourth-order valence-corrected chi connectivity index (χ4v) is 3.83. The Hall–Kier alpha value is -1.63. The molecule has 5 nitrogen and oxygen atoms in total. The molecule has 1 aliphatic rings. The summed E-state index contributed by atoms with van der Waals surface area (Å²) in [6, 6.07) is 4.48. The number of rotatable bonds is 2. The first-order valence-corrected chi connectivity index (χ1v) is 7.46. The molecule has 0 aliphatic carbocycles. The predicted molar refractivity (Wildman–Crippen MR) is 68.0 cm³/mol. The summed E-state index contributed by atoms with van der Waals surface area (Å²) >= 11 is 0. The summed E-state index contributed by atoms with van der Waals surface area (Å²) in [4.78, 5) is 13.0. The Morgan fingerprint density at radius 1 is 1.37 bits per heavy atom. The van der Waals surface area contributed by atoms with E-state index in [9.17, 15) is 17.6 Å². The van der Waals surface area contributed by atoms with Gasteiger partial charge in [0.05, 0.1) is 10.1 Å². The van der Waals surface area contributed by atoms with E-state index < -0.39 is 20.9 Å². The summed E-state index contributed by atoms with van der Waals surface area (Å²) in [7, 11) is -2.01. The van der Waals surface area contributed by atoms with Gasteiger partial charge in [-0.25, -0.2) is 17.6 Å². The molecule has 0 aromatic heterocycles. The van der Waals surface area contributed by atoms with Crippen LogP contribution in [0, 0.1) is 5.82 Å². The molecular weight excluding hydrogens is 271 g/mol. The minimum absolute atomic E-state index is 0.0951. The van der Waals surface area contributed by atoms with Crippen LogP contribution in [0.5, 0.6) is 0 Å². The van der Waals surface area contributed by atoms with Crippen LogP contribution in [0.4, 0.5) is 9.18 Å². The van der Waals surface area contributed by atoms with Gasteiger partial charge in [-0.2, -0.15) is 0 Å². The van der Waals surface area contributed by atoms with Crippen molar-refractivity contribution < 1.29 is 17.6 Å². The van der Waals surface area contributed by atoms with Gasteiger partial charge in [-0.15, -0.1) is 0 Å². The van der Waals surface area contributed by atoms with Crippen LogP contribution in [0.2, 0.25) is 0 Å². The van der Waals surface area contributed by atoms with Crippen LogP contribution < -0.4 is 5.32 Å². The lowest BCUT2D eigenvalue weighted by Gasteiger charge is -2.16. The summed E-state index contributed by atoms with van der Waals surface area (Å²) in [5.74, 6) is -0.475. The lowest BCUT2D eigenvalue weighted by Crippen LogP contribution is -2.37. The summed E-state index contributed by atoms with van der Waals surface area (Å²) in [5.41, 5.74) is 0. The van der Waals surface area contributed by atoms with Crippen molar-refractivity contribution in [3.63, 3.8) is 0 Å². The summed E-state index contributed by atoms with van der Waals surface area (Å²) < 4.78 is 37.5. The number of urea groups is 1. The van der Waals surface area contributed by atoms with Crippen molar-refractivity contribution in [1.29, 1.82) is 0 Å². The van der Waals surface area contributed by atoms with E-state index in [-0.39, 0.29) is 17.5 Å². The van der Waals surface area contributed by atoms with E-state index in [0.717, 1.165) is 12.1 Å². The number of hydrogen-bond acceptors (Lipinski definition) is 3. The number of likely N-dealkylation sites (tertiary alicyclic amines) is 1. The van der Waals surface area contributed by atoms with Crippen LogP contribution in [0.25, 0.3) is 0 Å². The van der Waals surface area contributed by atoms with Gasteiger partial charge in [0.2, 0.25) is 0 Å². The van der Waals surface area contributed by atoms with E-state index >= 15 is 0 Å². The Labute approximate surface area is 111 Å². The highest BCUT2D eigenvalue weighted by Gasteiger charge is 2.35. The number of benzene rings is 1. The number of hydrogen-bond donors (Lipinski definition) is 1. The average Bonchev–Trinajstić information content (AvgIpc) is 2.88. The SMILES string of the molecule is CNC(=O)N1CCC(S(=O)(=O)c2ccc(F)cc2)C1. The molecule has 1 aromatic rings. The fraction of sp³-hybridized carbons (Fsp3) is 0.417. The first-order chi connectivity index (χ1) is 8.95. The average molecular weight is 286 g/mol. The Kier molecular flexibility index (Phi) is 3.75. The first kappa shape index (κ1) is 13.8. The molecule has 1 atom stereocenters. The van der Waals surface area contributed by atoms with Crippen molar-refractivity contribution in [2.45, 2.75) is 16.6 Å². The van der Waals surface area contributed by atoms with Crippen LogP contribution in [0.15, 0.2) is 29.2 Å². The lowest BCUT2D eigenvalue weighted by molar-refractivity contribution is 0.211. The quantitative estimate of drug-likeness (QED) is 0.825. The van der Waals surface area contributed by atoms with Gasteiger partial charge in [0.1, 0.15) is 5.82 Å². The zero-order valence-corrected chi connectivity index (χ0v) is 11.3. The number of carbonyl (C=O) groups is 1. The fourth-order valence-electron chi connectivity index (χ4n) is 2.14. The third-order valence-electron chi connectivity index (χ3n) is 3.23. The van der Waals surface area contributed by atoms with Crippen LogP contribution >= 0.6 is 0 Å². The number of sulfone groups is 1. The second kappa shape index (κ2) is 5.16. The molecule has 0 saturated carbocycles. The third kappa shape index (κ3) is 2.70. The monoisotopic (exact) mass is 286 g/mol. The highest BCUT2D eigenvalue weighted by atomic mass is 32.2. The lowest BCUT2D eigenvalue weighted by atomic mass is 10.3. The molecule has 1 aliphatic heterocycles. The first-order valence-electron chi connectivity index (χ1n) is 5.91. The molecule has 1 saturated heterocycles. The van der Waals surface area contributed by atoms with E-state index in [2.05, 4.69) is 5.32 Å². The smallest absolute Gasteiger partial charge is 0.317 e. The van der Waals surface area contributed by atoms with Crippen molar-refractivity contribution >= 4 is 15.9 Å². The molecule has 0 radical (unpaired) electrons. The van der Waals surface area contributed by atoms with Crippen LogP contribution in [0.1, 0.15) is 6.42 Å². The van der Waals surface area contributed by atoms with E-state index in [1.165, 1.54) is 24.1 Å². The maximum atomic E-state index is 12.8. The molecule has 19 heavy (non-hydrogen) atoms.